The summed E-state index contributed by atoms with van der Waals surface area (Å²) in [6.45, 7) is 6.88. The van der Waals surface area contributed by atoms with Crippen LogP contribution in [-0.2, 0) is 23.1 Å². The van der Waals surface area contributed by atoms with E-state index < -0.39 is 10.8 Å². The Balaban J connectivity index is 1.96. The summed E-state index contributed by atoms with van der Waals surface area (Å²) in [5, 5.41) is 3.33. The summed E-state index contributed by atoms with van der Waals surface area (Å²) in [4.78, 5) is 0.599. The van der Waals surface area contributed by atoms with Crippen molar-refractivity contribution in [1.82, 2.24) is 5.32 Å². The van der Waals surface area contributed by atoms with Gasteiger partial charge in [0.05, 0.1) is 23.1 Å². The molecule has 0 saturated heterocycles. The van der Waals surface area contributed by atoms with Gasteiger partial charge < -0.3 is 9.73 Å². The van der Waals surface area contributed by atoms with Crippen LogP contribution in [-0.4, -0.2) is 9.75 Å². The number of benzene rings is 1. The molecule has 3 nitrogen and oxygen atoms in total. The van der Waals surface area contributed by atoms with Gasteiger partial charge in [-0.2, -0.15) is 0 Å². The van der Waals surface area contributed by atoms with Crippen molar-refractivity contribution in [1.29, 1.82) is 0 Å². The van der Waals surface area contributed by atoms with Crippen molar-refractivity contribution < 1.29 is 13.0 Å². The van der Waals surface area contributed by atoms with Gasteiger partial charge in [0.15, 0.2) is 0 Å². The normalized spacial score (nSPS) is 13.3. The first kappa shape index (κ1) is 15.9. The summed E-state index contributed by atoms with van der Waals surface area (Å²) < 4.78 is 30.7. The van der Waals surface area contributed by atoms with Crippen molar-refractivity contribution in [3.63, 3.8) is 0 Å². The van der Waals surface area contributed by atoms with E-state index in [1.54, 1.807) is 0 Å². The van der Waals surface area contributed by atoms with E-state index >= 15 is 0 Å². The molecular formula is C16H20FNO2S. The third kappa shape index (κ3) is 5.10. The molecule has 2 aromatic rings. The standard InChI is InChI=1S/C16H20FNO2S/c1-16(2,3)18-10-13-6-7-14(20-13)11-21(19)15-8-4-12(17)5-9-15/h4-9,18H,10-11H2,1-3H3. The molecule has 0 fully saturated rings. The van der Waals surface area contributed by atoms with Gasteiger partial charge in [0.25, 0.3) is 0 Å². The van der Waals surface area contributed by atoms with Gasteiger partial charge in [-0.15, -0.1) is 0 Å². The average molecular weight is 309 g/mol. The van der Waals surface area contributed by atoms with Crippen LogP contribution < -0.4 is 5.32 Å². The van der Waals surface area contributed by atoms with Crippen molar-refractivity contribution in [3.05, 3.63) is 53.7 Å². The molecule has 0 bridgehead atoms. The fourth-order valence-corrected chi connectivity index (χ4v) is 2.77. The Bertz CT molecular complexity index is 614. The largest absolute Gasteiger partial charge is 0.464 e. The minimum Gasteiger partial charge on any atom is -0.464 e. The summed E-state index contributed by atoms with van der Waals surface area (Å²) in [5.74, 6) is 1.45. The van der Waals surface area contributed by atoms with Crippen LogP contribution in [0.15, 0.2) is 45.7 Å². The van der Waals surface area contributed by atoms with Gasteiger partial charge in [-0.25, -0.2) is 4.39 Å². The predicted molar refractivity (Wildman–Crippen MR) is 81.8 cm³/mol. The molecule has 114 valence electrons. The molecule has 0 aliphatic carbocycles. The van der Waals surface area contributed by atoms with Crippen LogP contribution in [0.3, 0.4) is 0 Å². The molecule has 1 unspecified atom stereocenters. The molecule has 5 heteroatoms. The minimum absolute atomic E-state index is 0.0177. The Hall–Kier alpha value is -1.46. The molecular weight excluding hydrogens is 289 g/mol. The highest BCUT2D eigenvalue weighted by atomic mass is 32.2. The molecule has 1 atom stereocenters. The number of furan rings is 1. The maximum absolute atomic E-state index is 12.8. The van der Waals surface area contributed by atoms with Gasteiger partial charge in [-0.05, 0) is 57.2 Å². The van der Waals surface area contributed by atoms with E-state index in [0.717, 1.165) is 5.76 Å². The lowest BCUT2D eigenvalue weighted by Crippen LogP contribution is -2.34. The first-order valence-electron chi connectivity index (χ1n) is 6.80. The molecule has 21 heavy (non-hydrogen) atoms. The smallest absolute Gasteiger partial charge is 0.123 e. The summed E-state index contributed by atoms with van der Waals surface area (Å²) in [6, 6.07) is 9.42. The monoisotopic (exact) mass is 309 g/mol. The highest BCUT2D eigenvalue weighted by molar-refractivity contribution is 7.84. The van der Waals surface area contributed by atoms with Crippen LogP contribution in [0.25, 0.3) is 0 Å². The molecule has 0 radical (unpaired) electrons. The Labute approximate surface area is 127 Å². The van der Waals surface area contributed by atoms with Gasteiger partial charge in [-0.1, -0.05) is 0 Å². The zero-order chi connectivity index (χ0) is 15.5. The number of hydrogen-bond acceptors (Lipinski definition) is 3. The molecule has 1 heterocycles. The zero-order valence-corrected chi connectivity index (χ0v) is 13.3. The van der Waals surface area contributed by atoms with Crippen molar-refractivity contribution in [2.45, 2.75) is 43.5 Å². The highest BCUT2D eigenvalue weighted by Crippen LogP contribution is 2.16. The Kier molecular flexibility index (Phi) is 4.96. The lowest BCUT2D eigenvalue weighted by molar-refractivity contribution is 0.382. The fraction of sp³-hybridized carbons (Fsp3) is 0.375. The third-order valence-corrected chi connectivity index (χ3v) is 4.20. The first-order valence-corrected chi connectivity index (χ1v) is 8.12. The second-order valence-electron chi connectivity index (χ2n) is 5.92. The lowest BCUT2D eigenvalue weighted by atomic mass is 10.1. The van der Waals surface area contributed by atoms with Crippen molar-refractivity contribution in [3.8, 4) is 0 Å². The molecule has 0 amide bonds. The van der Waals surface area contributed by atoms with Gasteiger partial charge in [0.1, 0.15) is 17.3 Å². The number of hydrogen-bond donors (Lipinski definition) is 1. The molecule has 0 aliphatic heterocycles. The second kappa shape index (κ2) is 6.54. The zero-order valence-electron chi connectivity index (χ0n) is 12.5. The van der Waals surface area contributed by atoms with Crippen LogP contribution in [0.5, 0.6) is 0 Å². The van der Waals surface area contributed by atoms with E-state index in [2.05, 4.69) is 26.1 Å². The van der Waals surface area contributed by atoms with Crippen LogP contribution in [0.4, 0.5) is 4.39 Å². The van der Waals surface area contributed by atoms with E-state index in [1.807, 2.05) is 12.1 Å². The summed E-state index contributed by atoms with van der Waals surface area (Å²) in [5.41, 5.74) is 0.0177. The Morgan fingerprint density at radius 1 is 1.10 bits per heavy atom. The van der Waals surface area contributed by atoms with Crippen LogP contribution in [0.2, 0.25) is 0 Å². The molecule has 1 aromatic heterocycles. The second-order valence-corrected chi connectivity index (χ2v) is 7.37. The van der Waals surface area contributed by atoms with Crippen LogP contribution in [0, 0.1) is 5.82 Å². The summed E-state index contributed by atoms with van der Waals surface area (Å²) in [6.07, 6.45) is 0. The number of halogens is 1. The number of rotatable bonds is 5. The van der Waals surface area contributed by atoms with E-state index in [0.29, 0.717) is 23.0 Å². The maximum Gasteiger partial charge on any atom is 0.123 e. The summed E-state index contributed by atoms with van der Waals surface area (Å²) >= 11 is 0. The Morgan fingerprint density at radius 3 is 2.33 bits per heavy atom. The van der Waals surface area contributed by atoms with E-state index in [9.17, 15) is 8.60 Å². The number of nitrogens with one attached hydrogen (secondary N) is 1. The fourth-order valence-electron chi connectivity index (χ4n) is 1.75. The molecule has 0 saturated carbocycles. The van der Waals surface area contributed by atoms with Gasteiger partial charge in [-0.3, -0.25) is 4.21 Å². The molecule has 1 aromatic carbocycles. The maximum atomic E-state index is 12.8. The van der Waals surface area contributed by atoms with Crippen molar-refractivity contribution >= 4 is 10.8 Å². The van der Waals surface area contributed by atoms with Gasteiger partial charge in [0.2, 0.25) is 0 Å². The van der Waals surface area contributed by atoms with Gasteiger partial charge >= 0.3 is 0 Å². The van der Waals surface area contributed by atoms with Crippen LogP contribution in [0.1, 0.15) is 32.3 Å². The predicted octanol–water partition coefficient (Wildman–Crippen LogP) is 3.61. The van der Waals surface area contributed by atoms with Gasteiger partial charge in [0, 0.05) is 10.4 Å². The SMILES string of the molecule is CC(C)(C)NCc1ccc(CS(=O)c2ccc(F)cc2)o1. The molecule has 2 rings (SSSR count). The quantitative estimate of drug-likeness (QED) is 0.917. The highest BCUT2D eigenvalue weighted by Gasteiger charge is 2.12. The average Bonchev–Trinajstić information content (AvgIpc) is 2.84. The van der Waals surface area contributed by atoms with Crippen LogP contribution >= 0.6 is 0 Å². The molecule has 0 spiro atoms. The van der Waals surface area contributed by atoms with Crippen molar-refractivity contribution in [2.24, 2.45) is 0 Å². The Morgan fingerprint density at radius 2 is 1.71 bits per heavy atom. The topological polar surface area (TPSA) is 42.2 Å². The van der Waals surface area contributed by atoms with E-state index in [-0.39, 0.29) is 11.4 Å². The third-order valence-electron chi connectivity index (χ3n) is 2.86. The van der Waals surface area contributed by atoms with E-state index in [1.165, 1.54) is 24.3 Å². The van der Waals surface area contributed by atoms with Crippen molar-refractivity contribution in [2.75, 3.05) is 0 Å². The molecule has 1 N–H and O–H groups in total. The summed E-state index contributed by atoms with van der Waals surface area (Å²) in [7, 11) is -1.23. The first-order chi connectivity index (χ1) is 9.83. The minimum atomic E-state index is -1.23. The van der Waals surface area contributed by atoms with E-state index in [4.69, 9.17) is 4.42 Å². The molecule has 0 aliphatic rings. The lowest BCUT2D eigenvalue weighted by Gasteiger charge is -2.19.